The molecule has 3 rings (SSSR count). The van der Waals surface area contributed by atoms with Crippen LogP contribution in [0.5, 0.6) is 0 Å². The molecule has 0 radical (unpaired) electrons. The zero-order valence-electron chi connectivity index (χ0n) is 13.6. The van der Waals surface area contributed by atoms with E-state index in [1.165, 1.54) is 0 Å². The predicted molar refractivity (Wildman–Crippen MR) is 95.6 cm³/mol. The van der Waals surface area contributed by atoms with Gasteiger partial charge in [0.2, 0.25) is 0 Å². The maximum atomic E-state index is 12.3. The second-order valence-corrected chi connectivity index (χ2v) is 5.57. The SMILES string of the molecule is Cc1cccc(Nc2ccc(NC(=O)c3ccccc3C)nn2)c1. The molecule has 0 saturated carbocycles. The molecule has 0 aliphatic carbocycles. The van der Waals surface area contributed by atoms with E-state index < -0.39 is 0 Å². The molecule has 2 aromatic carbocycles. The molecule has 0 fully saturated rings. The average molecular weight is 318 g/mol. The first kappa shape index (κ1) is 15.7. The van der Waals surface area contributed by atoms with Crippen molar-refractivity contribution in [1.82, 2.24) is 10.2 Å². The molecule has 0 unspecified atom stereocenters. The predicted octanol–water partition coefficient (Wildman–Crippen LogP) is 4.09. The third-order valence-corrected chi connectivity index (χ3v) is 3.59. The van der Waals surface area contributed by atoms with Crippen molar-refractivity contribution in [1.29, 1.82) is 0 Å². The van der Waals surface area contributed by atoms with Gasteiger partial charge in [-0.3, -0.25) is 4.79 Å². The zero-order chi connectivity index (χ0) is 16.9. The topological polar surface area (TPSA) is 66.9 Å². The number of rotatable bonds is 4. The monoisotopic (exact) mass is 318 g/mol. The van der Waals surface area contributed by atoms with Crippen molar-refractivity contribution in [3.8, 4) is 0 Å². The molecule has 5 heteroatoms. The van der Waals surface area contributed by atoms with Crippen molar-refractivity contribution in [2.75, 3.05) is 10.6 Å². The van der Waals surface area contributed by atoms with Crippen LogP contribution < -0.4 is 10.6 Å². The smallest absolute Gasteiger partial charge is 0.257 e. The Morgan fingerprint density at radius 3 is 2.33 bits per heavy atom. The van der Waals surface area contributed by atoms with E-state index in [9.17, 15) is 4.79 Å². The zero-order valence-corrected chi connectivity index (χ0v) is 13.6. The number of hydrogen-bond donors (Lipinski definition) is 2. The number of amides is 1. The van der Waals surface area contributed by atoms with E-state index in [1.54, 1.807) is 18.2 Å². The minimum Gasteiger partial charge on any atom is -0.339 e. The second-order valence-electron chi connectivity index (χ2n) is 5.57. The first-order chi connectivity index (χ1) is 11.6. The van der Waals surface area contributed by atoms with E-state index in [-0.39, 0.29) is 5.91 Å². The van der Waals surface area contributed by atoms with E-state index in [0.717, 1.165) is 16.8 Å². The van der Waals surface area contributed by atoms with Gasteiger partial charge in [-0.1, -0.05) is 30.3 Å². The largest absolute Gasteiger partial charge is 0.339 e. The standard InChI is InChI=1S/C19H18N4O/c1-13-6-5-8-15(12-13)20-17-10-11-18(23-22-17)21-19(24)16-9-4-3-7-14(16)2/h3-12H,1-2H3,(H,20,22)(H,21,23,24). The molecular weight excluding hydrogens is 300 g/mol. The van der Waals surface area contributed by atoms with Crippen LogP contribution in [0.2, 0.25) is 0 Å². The van der Waals surface area contributed by atoms with Gasteiger partial charge in [-0.15, -0.1) is 10.2 Å². The van der Waals surface area contributed by atoms with E-state index in [2.05, 4.69) is 20.8 Å². The van der Waals surface area contributed by atoms with Crippen molar-refractivity contribution in [3.05, 3.63) is 77.4 Å². The lowest BCUT2D eigenvalue weighted by Gasteiger charge is -2.08. The van der Waals surface area contributed by atoms with Gasteiger partial charge in [0.25, 0.3) is 5.91 Å². The summed E-state index contributed by atoms with van der Waals surface area (Å²) in [6.45, 7) is 3.93. The molecule has 1 amide bonds. The summed E-state index contributed by atoms with van der Waals surface area (Å²) < 4.78 is 0. The fraction of sp³-hybridized carbons (Fsp3) is 0.105. The molecule has 120 valence electrons. The Labute approximate surface area is 140 Å². The van der Waals surface area contributed by atoms with Crippen LogP contribution in [-0.4, -0.2) is 16.1 Å². The van der Waals surface area contributed by atoms with E-state index in [4.69, 9.17) is 0 Å². The molecular formula is C19H18N4O. The number of aromatic nitrogens is 2. The van der Waals surface area contributed by atoms with Gasteiger partial charge in [0.05, 0.1) is 0 Å². The van der Waals surface area contributed by atoms with Crippen molar-refractivity contribution < 1.29 is 4.79 Å². The first-order valence-corrected chi connectivity index (χ1v) is 7.66. The maximum Gasteiger partial charge on any atom is 0.257 e. The summed E-state index contributed by atoms with van der Waals surface area (Å²) in [6, 6.07) is 18.9. The molecule has 2 N–H and O–H groups in total. The number of carbonyl (C=O) groups is 1. The van der Waals surface area contributed by atoms with Gasteiger partial charge in [0.1, 0.15) is 0 Å². The number of carbonyl (C=O) groups excluding carboxylic acids is 1. The number of nitrogens with zero attached hydrogens (tertiary/aromatic N) is 2. The molecule has 0 spiro atoms. The third kappa shape index (κ3) is 3.76. The van der Waals surface area contributed by atoms with Crippen molar-refractivity contribution in [2.45, 2.75) is 13.8 Å². The van der Waals surface area contributed by atoms with Gasteiger partial charge in [-0.05, 0) is 55.3 Å². The molecule has 5 nitrogen and oxygen atoms in total. The normalized spacial score (nSPS) is 10.2. The van der Waals surface area contributed by atoms with Crippen LogP contribution in [0.3, 0.4) is 0 Å². The van der Waals surface area contributed by atoms with Crippen molar-refractivity contribution >= 4 is 23.2 Å². The number of aryl methyl sites for hydroxylation is 2. The lowest BCUT2D eigenvalue weighted by Crippen LogP contribution is -2.14. The third-order valence-electron chi connectivity index (χ3n) is 3.59. The Morgan fingerprint density at radius 1 is 0.875 bits per heavy atom. The highest BCUT2D eigenvalue weighted by Crippen LogP contribution is 2.16. The Morgan fingerprint density at radius 2 is 1.62 bits per heavy atom. The number of nitrogens with one attached hydrogen (secondary N) is 2. The molecule has 0 atom stereocenters. The second kappa shape index (κ2) is 6.91. The molecule has 24 heavy (non-hydrogen) atoms. The molecule has 0 aliphatic rings. The van der Waals surface area contributed by atoms with Crippen molar-refractivity contribution in [2.24, 2.45) is 0 Å². The molecule has 0 aliphatic heterocycles. The van der Waals surface area contributed by atoms with Crippen LogP contribution >= 0.6 is 0 Å². The Hall–Kier alpha value is -3.21. The fourth-order valence-electron chi connectivity index (χ4n) is 2.35. The summed E-state index contributed by atoms with van der Waals surface area (Å²) in [5, 5.41) is 14.1. The minimum atomic E-state index is -0.193. The summed E-state index contributed by atoms with van der Waals surface area (Å²) in [7, 11) is 0. The number of hydrogen-bond acceptors (Lipinski definition) is 4. The van der Waals surface area contributed by atoms with E-state index in [1.807, 2.05) is 56.3 Å². The maximum absolute atomic E-state index is 12.3. The summed E-state index contributed by atoms with van der Waals surface area (Å²) in [5.74, 6) is 0.842. The number of anilines is 3. The quantitative estimate of drug-likeness (QED) is 0.760. The average Bonchev–Trinajstić information content (AvgIpc) is 2.57. The molecule has 3 aromatic rings. The Balaban J connectivity index is 1.68. The Kier molecular flexibility index (Phi) is 4.52. The fourth-order valence-corrected chi connectivity index (χ4v) is 2.35. The van der Waals surface area contributed by atoms with Crippen LogP contribution in [0.15, 0.2) is 60.7 Å². The summed E-state index contributed by atoms with van der Waals surface area (Å²) in [5.41, 5.74) is 3.65. The van der Waals surface area contributed by atoms with Crippen LogP contribution in [-0.2, 0) is 0 Å². The van der Waals surface area contributed by atoms with E-state index >= 15 is 0 Å². The van der Waals surface area contributed by atoms with Gasteiger partial charge in [0, 0.05) is 11.3 Å². The summed E-state index contributed by atoms with van der Waals surface area (Å²) in [6.07, 6.45) is 0. The highest BCUT2D eigenvalue weighted by molar-refractivity contribution is 6.04. The molecule has 0 saturated heterocycles. The van der Waals surface area contributed by atoms with Gasteiger partial charge >= 0.3 is 0 Å². The first-order valence-electron chi connectivity index (χ1n) is 7.66. The number of benzene rings is 2. The summed E-state index contributed by atoms with van der Waals surface area (Å²) in [4.78, 5) is 12.3. The van der Waals surface area contributed by atoms with Crippen LogP contribution in [0.1, 0.15) is 21.5 Å². The van der Waals surface area contributed by atoms with E-state index in [0.29, 0.717) is 17.2 Å². The van der Waals surface area contributed by atoms with Gasteiger partial charge in [0.15, 0.2) is 11.6 Å². The van der Waals surface area contributed by atoms with Crippen LogP contribution in [0.4, 0.5) is 17.3 Å². The highest BCUT2D eigenvalue weighted by Gasteiger charge is 2.09. The molecule has 1 heterocycles. The molecule has 1 aromatic heterocycles. The van der Waals surface area contributed by atoms with Gasteiger partial charge in [-0.2, -0.15) is 0 Å². The van der Waals surface area contributed by atoms with Gasteiger partial charge in [-0.25, -0.2) is 0 Å². The van der Waals surface area contributed by atoms with Crippen molar-refractivity contribution in [3.63, 3.8) is 0 Å². The lowest BCUT2D eigenvalue weighted by molar-refractivity contribution is 0.102. The molecule has 0 bridgehead atoms. The summed E-state index contributed by atoms with van der Waals surface area (Å²) >= 11 is 0. The minimum absolute atomic E-state index is 0.193. The van der Waals surface area contributed by atoms with Crippen LogP contribution in [0, 0.1) is 13.8 Å². The van der Waals surface area contributed by atoms with Crippen LogP contribution in [0.25, 0.3) is 0 Å². The highest BCUT2D eigenvalue weighted by atomic mass is 16.1. The van der Waals surface area contributed by atoms with Gasteiger partial charge < -0.3 is 10.6 Å². The Bertz CT molecular complexity index is 859. The lowest BCUT2D eigenvalue weighted by atomic mass is 10.1.